The first-order valence-corrected chi connectivity index (χ1v) is 4.34. The summed E-state index contributed by atoms with van der Waals surface area (Å²) in [6.07, 6.45) is 0.331. The number of aliphatic hydroxyl groups excluding tert-OH is 1. The monoisotopic (exact) mass is 239 g/mol. The molecule has 0 aliphatic rings. The van der Waals surface area contributed by atoms with Gasteiger partial charge in [-0.2, -0.15) is 0 Å². The van der Waals surface area contributed by atoms with Crippen LogP contribution in [0.15, 0.2) is 18.2 Å². The third-order valence-corrected chi connectivity index (χ3v) is 2.03. The van der Waals surface area contributed by atoms with Gasteiger partial charge in [-0.3, -0.25) is 0 Å². The van der Waals surface area contributed by atoms with Crippen molar-refractivity contribution in [1.29, 1.82) is 0 Å². The van der Waals surface area contributed by atoms with Gasteiger partial charge in [0, 0.05) is 23.2 Å². The highest BCUT2D eigenvalue weighted by molar-refractivity contribution is 6.30. The first-order chi connectivity index (χ1) is 6.15. The Hall–Kier alpha value is -0.350. The molecule has 2 nitrogen and oxygen atoms in total. The third-order valence-electron chi connectivity index (χ3n) is 1.80. The lowest BCUT2D eigenvalue weighted by molar-refractivity contribution is 0.275. The summed E-state index contributed by atoms with van der Waals surface area (Å²) in [4.78, 5) is 0. The molecule has 14 heavy (non-hydrogen) atoms. The van der Waals surface area contributed by atoms with Crippen LogP contribution in [0, 0.1) is 5.82 Å². The number of hydrogen-bond donors (Lipinski definition) is 2. The van der Waals surface area contributed by atoms with Gasteiger partial charge < -0.3 is 10.8 Å². The van der Waals surface area contributed by atoms with E-state index in [1.807, 2.05) is 0 Å². The minimum atomic E-state index is -0.497. The minimum Gasteiger partial charge on any atom is -0.396 e. The van der Waals surface area contributed by atoms with E-state index in [9.17, 15) is 4.39 Å². The van der Waals surface area contributed by atoms with Crippen LogP contribution >= 0.6 is 24.0 Å². The van der Waals surface area contributed by atoms with Crippen LogP contribution in [0.4, 0.5) is 4.39 Å². The standard InChI is InChI=1S/C9H11ClFNO.ClH/c10-6-1-2-8(11)7(5-6)9(12)3-4-13;/h1-2,5,9,13H,3-4,12H2;1H/t9-;/m0./s1. The lowest BCUT2D eigenvalue weighted by atomic mass is 10.0. The van der Waals surface area contributed by atoms with Gasteiger partial charge in [0.25, 0.3) is 0 Å². The molecule has 5 heteroatoms. The quantitative estimate of drug-likeness (QED) is 0.851. The predicted molar refractivity (Wildman–Crippen MR) is 57.3 cm³/mol. The van der Waals surface area contributed by atoms with Crippen LogP contribution in [0.1, 0.15) is 18.0 Å². The van der Waals surface area contributed by atoms with Gasteiger partial charge >= 0.3 is 0 Å². The molecule has 0 saturated heterocycles. The van der Waals surface area contributed by atoms with Crippen molar-refractivity contribution in [2.75, 3.05) is 6.61 Å². The van der Waals surface area contributed by atoms with Crippen molar-refractivity contribution < 1.29 is 9.50 Å². The smallest absolute Gasteiger partial charge is 0.128 e. The molecule has 1 aromatic rings. The number of aliphatic hydroxyl groups is 1. The topological polar surface area (TPSA) is 46.2 Å². The van der Waals surface area contributed by atoms with Crippen molar-refractivity contribution in [1.82, 2.24) is 0 Å². The molecule has 0 spiro atoms. The third kappa shape index (κ3) is 3.42. The molecule has 1 atom stereocenters. The van der Waals surface area contributed by atoms with E-state index in [1.165, 1.54) is 18.2 Å². The molecule has 0 aliphatic heterocycles. The van der Waals surface area contributed by atoms with E-state index in [1.54, 1.807) is 0 Å². The Morgan fingerprint density at radius 1 is 1.50 bits per heavy atom. The Morgan fingerprint density at radius 2 is 2.14 bits per heavy atom. The maximum absolute atomic E-state index is 13.1. The highest BCUT2D eigenvalue weighted by Crippen LogP contribution is 2.21. The fourth-order valence-electron chi connectivity index (χ4n) is 1.09. The molecule has 1 rings (SSSR count). The molecule has 0 saturated carbocycles. The second-order valence-corrected chi connectivity index (χ2v) is 3.22. The average molecular weight is 240 g/mol. The number of hydrogen-bond acceptors (Lipinski definition) is 2. The Labute approximate surface area is 93.3 Å². The van der Waals surface area contributed by atoms with Gasteiger partial charge in [0.15, 0.2) is 0 Å². The Morgan fingerprint density at radius 3 is 2.71 bits per heavy atom. The first-order valence-electron chi connectivity index (χ1n) is 3.96. The van der Waals surface area contributed by atoms with Crippen LogP contribution < -0.4 is 5.73 Å². The lowest BCUT2D eigenvalue weighted by Crippen LogP contribution is -2.13. The second kappa shape index (κ2) is 6.19. The molecule has 0 radical (unpaired) electrons. The zero-order chi connectivity index (χ0) is 9.84. The highest BCUT2D eigenvalue weighted by atomic mass is 35.5. The van der Waals surface area contributed by atoms with Gasteiger partial charge in [-0.25, -0.2) is 4.39 Å². The van der Waals surface area contributed by atoms with E-state index in [0.29, 0.717) is 17.0 Å². The summed E-state index contributed by atoms with van der Waals surface area (Å²) >= 11 is 5.68. The summed E-state index contributed by atoms with van der Waals surface area (Å²) in [7, 11) is 0. The molecule has 0 unspecified atom stereocenters. The molecule has 0 aliphatic carbocycles. The van der Waals surface area contributed by atoms with E-state index in [-0.39, 0.29) is 24.8 Å². The predicted octanol–water partition coefficient (Wildman–Crippen LogP) is 2.28. The van der Waals surface area contributed by atoms with Gasteiger partial charge in [-0.15, -0.1) is 12.4 Å². The van der Waals surface area contributed by atoms with Crippen LogP contribution in [0.2, 0.25) is 5.02 Å². The van der Waals surface area contributed by atoms with Crippen LogP contribution in [0.5, 0.6) is 0 Å². The molecular weight excluding hydrogens is 228 g/mol. The van der Waals surface area contributed by atoms with Crippen molar-refractivity contribution in [3.8, 4) is 0 Å². The van der Waals surface area contributed by atoms with Gasteiger partial charge in [-0.05, 0) is 24.6 Å². The summed E-state index contributed by atoms with van der Waals surface area (Å²) in [5, 5.41) is 9.07. The SMILES string of the molecule is Cl.N[C@@H](CCO)c1cc(Cl)ccc1F. The van der Waals surface area contributed by atoms with E-state index in [2.05, 4.69) is 0 Å². The van der Waals surface area contributed by atoms with Gasteiger partial charge in [0.2, 0.25) is 0 Å². The van der Waals surface area contributed by atoms with Crippen LogP contribution in [-0.2, 0) is 0 Å². The maximum atomic E-state index is 13.1. The largest absolute Gasteiger partial charge is 0.396 e. The highest BCUT2D eigenvalue weighted by Gasteiger charge is 2.10. The van der Waals surface area contributed by atoms with E-state index >= 15 is 0 Å². The van der Waals surface area contributed by atoms with Crippen LogP contribution in [0.3, 0.4) is 0 Å². The molecule has 1 aromatic carbocycles. The van der Waals surface area contributed by atoms with E-state index in [0.717, 1.165) is 0 Å². The number of halogens is 3. The fraction of sp³-hybridized carbons (Fsp3) is 0.333. The average Bonchev–Trinajstić information content (AvgIpc) is 2.09. The number of rotatable bonds is 3. The Balaban J connectivity index is 0.00000169. The fourth-order valence-corrected chi connectivity index (χ4v) is 1.27. The Kier molecular flexibility index (Phi) is 6.04. The molecule has 0 heterocycles. The number of nitrogens with two attached hydrogens (primary N) is 1. The van der Waals surface area contributed by atoms with Crippen LogP contribution in [-0.4, -0.2) is 11.7 Å². The van der Waals surface area contributed by atoms with Crippen molar-refractivity contribution in [2.45, 2.75) is 12.5 Å². The summed E-state index contributed by atoms with van der Waals surface area (Å²) in [6.45, 7) is -0.0624. The molecule has 0 bridgehead atoms. The zero-order valence-corrected chi connectivity index (χ0v) is 8.98. The molecule has 3 N–H and O–H groups in total. The molecule has 80 valence electrons. The van der Waals surface area contributed by atoms with Gasteiger partial charge in [0.05, 0.1) is 0 Å². The summed E-state index contributed by atoms with van der Waals surface area (Å²) in [5.41, 5.74) is 5.97. The maximum Gasteiger partial charge on any atom is 0.128 e. The van der Waals surface area contributed by atoms with Gasteiger partial charge in [0.1, 0.15) is 5.82 Å². The van der Waals surface area contributed by atoms with Crippen LogP contribution in [0.25, 0.3) is 0 Å². The summed E-state index contributed by atoms with van der Waals surface area (Å²) < 4.78 is 13.1. The molecule has 0 amide bonds. The normalized spacial score (nSPS) is 12.0. The van der Waals surface area contributed by atoms with Crippen molar-refractivity contribution in [3.05, 3.63) is 34.6 Å². The first kappa shape index (κ1) is 13.7. The molecule has 0 aromatic heterocycles. The minimum absolute atomic E-state index is 0. The van der Waals surface area contributed by atoms with Crippen molar-refractivity contribution >= 4 is 24.0 Å². The van der Waals surface area contributed by atoms with Gasteiger partial charge in [-0.1, -0.05) is 11.6 Å². The second-order valence-electron chi connectivity index (χ2n) is 2.78. The lowest BCUT2D eigenvalue weighted by Gasteiger charge is -2.11. The van der Waals surface area contributed by atoms with E-state index in [4.69, 9.17) is 22.4 Å². The van der Waals surface area contributed by atoms with Crippen molar-refractivity contribution in [3.63, 3.8) is 0 Å². The van der Waals surface area contributed by atoms with Crippen molar-refractivity contribution in [2.24, 2.45) is 5.73 Å². The zero-order valence-electron chi connectivity index (χ0n) is 7.41. The molecule has 0 fully saturated rings. The summed E-state index contributed by atoms with van der Waals surface area (Å²) in [6, 6.07) is 3.72. The molecular formula is C9H12Cl2FNO. The van der Waals surface area contributed by atoms with E-state index < -0.39 is 6.04 Å². The Bertz CT molecular complexity index is 296. The number of benzene rings is 1. The summed E-state index contributed by atoms with van der Waals surface area (Å²) in [5.74, 6) is -0.384.